The number of nitrogens with zero attached hydrogens (tertiary/aromatic N) is 1. The van der Waals surface area contributed by atoms with Gasteiger partial charge in [0.25, 0.3) is 0 Å². The van der Waals surface area contributed by atoms with E-state index in [1.165, 1.54) is 0 Å². The summed E-state index contributed by atoms with van der Waals surface area (Å²) in [4.78, 5) is 27.2. The molecule has 116 valence electrons. The molecule has 0 bridgehead atoms. The largest absolute Gasteiger partial charge is 0.497 e. The van der Waals surface area contributed by atoms with Gasteiger partial charge in [0.15, 0.2) is 5.69 Å². The summed E-state index contributed by atoms with van der Waals surface area (Å²) in [5, 5.41) is 2.48. The first-order valence-electron chi connectivity index (χ1n) is 6.67. The molecule has 1 aromatic carbocycles. The van der Waals surface area contributed by atoms with Gasteiger partial charge in [-0.05, 0) is 24.6 Å². The van der Waals surface area contributed by atoms with Gasteiger partial charge in [-0.25, -0.2) is 4.79 Å². The Morgan fingerprint density at radius 2 is 2.00 bits per heavy atom. The molecule has 22 heavy (non-hydrogen) atoms. The highest BCUT2D eigenvalue weighted by atomic mass is 16.5. The van der Waals surface area contributed by atoms with Crippen LogP contribution in [0.4, 0.5) is 6.01 Å². The molecule has 0 saturated heterocycles. The fourth-order valence-electron chi connectivity index (χ4n) is 1.72. The fraction of sp³-hybridized carbons (Fsp3) is 0.267. The van der Waals surface area contributed by atoms with Crippen LogP contribution in [-0.2, 0) is 16.0 Å². The maximum Gasteiger partial charge on any atom is 0.360 e. The molecule has 7 heteroatoms. The van der Waals surface area contributed by atoms with E-state index < -0.39 is 5.97 Å². The molecule has 2 rings (SSSR count). The first-order valence-corrected chi connectivity index (χ1v) is 6.67. The highest BCUT2D eigenvalue weighted by molar-refractivity contribution is 5.91. The van der Waals surface area contributed by atoms with Crippen LogP contribution in [0.25, 0.3) is 0 Å². The predicted molar refractivity (Wildman–Crippen MR) is 77.8 cm³/mol. The third-order valence-electron chi connectivity index (χ3n) is 2.76. The molecule has 0 fully saturated rings. The Morgan fingerprint density at radius 1 is 1.27 bits per heavy atom. The standard InChI is InChI=1S/C15H16N2O5/c1-3-21-14(19)12-9-22-15(16-12)17-13(18)8-10-4-6-11(20-2)7-5-10/h4-7,9H,3,8H2,1-2H3,(H,16,17,18). The van der Waals surface area contributed by atoms with Gasteiger partial charge in [-0.3, -0.25) is 10.1 Å². The minimum atomic E-state index is -0.595. The molecule has 0 unspecified atom stereocenters. The molecule has 0 atom stereocenters. The zero-order chi connectivity index (χ0) is 15.9. The number of aromatic nitrogens is 1. The number of ether oxygens (including phenoxy) is 2. The molecule has 0 spiro atoms. The van der Waals surface area contributed by atoms with Gasteiger partial charge >= 0.3 is 12.0 Å². The van der Waals surface area contributed by atoms with Crippen molar-refractivity contribution >= 4 is 17.9 Å². The van der Waals surface area contributed by atoms with E-state index in [2.05, 4.69) is 10.3 Å². The van der Waals surface area contributed by atoms with Crippen LogP contribution in [0.2, 0.25) is 0 Å². The number of benzene rings is 1. The van der Waals surface area contributed by atoms with E-state index in [1.54, 1.807) is 38.3 Å². The van der Waals surface area contributed by atoms with Gasteiger partial charge in [0, 0.05) is 0 Å². The van der Waals surface area contributed by atoms with E-state index in [1.807, 2.05) is 0 Å². The Labute approximate surface area is 127 Å². The highest BCUT2D eigenvalue weighted by Gasteiger charge is 2.14. The number of hydrogen-bond acceptors (Lipinski definition) is 6. The lowest BCUT2D eigenvalue weighted by Crippen LogP contribution is -2.15. The van der Waals surface area contributed by atoms with Crippen LogP contribution in [0, 0.1) is 0 Å². The molecule has 0 aliphatic rings. The minimum Gasteiger partial charge on any atom is -0.497 e. The Morgan fingerprint density at radius 3 is 2.64 bits per heavy atom. The van der Waals surface area contributed by atoms with Gasteiger partial charge in [-0.2, -0.15) is 4.98 Å². The minimum absolute atomic E-state index is 0.0154. The topological polar surface area (TPSA) is 90.7 Å². The lowest BCUT2D eigenvalue weighted by atomic mass is 10.1. The van der Waals surface area contributed by atoms with Crippen LogP contribution >= 0.6 is 0 Å². The third-order valence-corrected chi connectivity index (χ3v) is 2.76. The number of methoxy groups -OCH3 is 1. The number of carbonyl (C=O) groups excluding carboxylic acids is 2. The van der Waals surface area contributed by atoms with Crippen molar-refractivity contribution in [3.63, 3.8) is 0 Å². The van der Waals surface area contributed by atoms with Crippen LogP contribution in [0.3, 0.4) is 0 Å². The van der Waals surface area contributed by atoms with Crippen molar-refractivity contribution in [3.05, 3.63) is 41.8 Å². The average Bonchev–Trinajstić information content (AvgIpc) is 2.96. The van der Waals surface area contributed by atoms with E-state index in [9.17, 15) is 9.59 Å². The zero-order valence-corrected chi connectivity index (χ0v) is 12.3. The van der Waals surface area contributed by atoms with Crippen LogP contribution in [0.15, 0.2) is 34.9 Å². The monoisotopic (exact) mass is 304 g/mol. The van der Waals surface area contributed by atoms with Crippen molar-refractivity contribution in [1.29, 1.82) is 0 Å². The molecular formula is C15H16N2O5. The Hall–Kier alpha value is -2.83. The smallest absolute Gasteiger partial charge is 0.360 e. The van der Waals surface area contributed by atoms with E-state index in [0.29, 0.717) is 0 Å². The molecule has 0 aliphatic heterocycles. The second-order valence-electron chi connectivity index (χ2n) is 4.33. The highest BCUT2D eigenvalue weighted by Crippen LogP contribution is 2.13. The maximum atomic E-state index is 11.9. The van der Waals surface area contributed by atoms with Crippen LogP contribution in [-0.4, -0.2) is 30.6 Å². The number of oxazole rings is 1. The summed E-state index contributed by atoms with van der Waals surface area (Å²) in [6, 6.07) is 7.08. The number of hydrogen-bond donors (Lipinski definition) is 1. The number of nitrogens with one attached hydrogen (secondary N) is 1. The van der Waals surface area contributed by atoms with Gasteiger partial charge in [-0.1, -0.05) is 12.1 Å². The zero-order valence-electron chi connectivity index (χ0n) is 12.3. The number of esters is 1. The molecule has 2 aromatic rings. The molecular weight excluding hydrogens is 288 g/mol. The quantitative estimate of drug-likeness (QED) is 0.821. The van der Waals surface area contributed by atoms with Crippen molar-refractivity contribution in [2.45, 2.75) is 13.3 Å². The molecule has 0 radical (unpaired) electrons. The number of anilines is 1. The lowest BCUT2D eigenvalue weighted by molar-refractivity contribution is -0.115. The second kappa shape index (κ2) is 7.26. The van der Waals surface area contributed by atoms with Crippen molar-refractivity contribution in [2.24, 2.45) is 0 Å². The van der Waals surface area contributed by atoms with E-state index in [4.69, 9.17) is 13.9 Å². The summed E-state index contributed by atoms with van der Waals surface area (Å²) < 4.78 is 14.8. The van der Waals surface area contributed by atoms with Gasteiger partial charge in [0.2, 0.25) is 5.91 Å². The summed E-state index contributed by atoms with van der Waals surface area (Å²) in [6.45, 7) is 1.93. The van der Waals surface area contributed by atoms with Crippen molar-refractivity contribution < 1.29 is 23.5 Å². The fourth-order valence-corrected chi connectivity index (χ4v) is 1.72. The SMILES string of the molecule is CCOC(=O)c1coc(NC(=O)Cc2ccc(OC)cc2)n1. The summed E-state index contributed by atoms with van der Waals surface area (Å²) in [6.07, 6.45) is 1.29. The van der Waals surface area contributed by atoms with E-state index >= 15 is 0 Å². The van der Waals surface area contributed by atoms with E-state index in [-0.39, 0.29) is 30.6 Å². The molecule has 0 aliphatic carbocycles. The number of amides is 1. The normalized spacial score (nSPS) is 10.1. The van der Waals surface area contributed by atoms with E-state index in [0.717, 1.165) is 17.6 Å². The Kier molecular flexibility index (Phi) is 5.13. The lowest BCUT2D eigenvalue weighted by Gasteiger charge is -2.03. The number of carbonyl (C=O) groups is 2. The first-order chi connectivity index (χ1) is 10.6. The van der Waals surface area contributed by atoms with Crippen LogP contribution in [0.5, 0.6) is 5.75 Å². The van der Waals surface area contributed by atoms with Gasteiger partial charge < -0.3 is 13.9 Å². The van der Waals surface area contributed by atoms with Crippen LogP contribution < -0.4 is 10.1 Å². The summed E-state index contributed by atoms with van der Waals surface area (Å²) >= 11 is 0. The predicted octanol–water partition coefficient (Wildman–Crippen LogP) is 2.04. The summed E-state index contributed by atoms with van der Waals surface area (Å²) in [7, 11) is 1.57. The molecule has 1 heterocycles. The van der Waals surface area contributed by atoms with Gasteiger partial charge in [-0.15, -0.1) is 0 Å². The number of rotatable bonds is 6. The average molecular weight is 304 g/mol. The molecule has 1 amide bonds. The Balaban J connectivity index is 1.92. The molecule has 1 aromatic heterocycles. The summed E-state index contributed by atoms with van der Waals surface area (Å²) in [5.41, 5.74) is 0.831. The maximum absolute atomic E-state index is 11.9. The van der Waals surface area contributed by atoms with Crippen molar-refractivity contribution in [2.75, 3.05) is 19.0 Å². The summed E-state index contributed by atoms with van der Waals surface area (Å²) in [5.74, 6) is -0.180. The van der Waals surface area contributed by atoms with Crippen LogP contribution in [0.1, 0.15) is 23.0 Å². The van der Waals surface area contributed by atoms with Gasteiger partial charge in [0.1, 0.15) is 12.0 Å². The van der Waals surface area contributed by atoms with Gasteiger partial charge in [0.05, 0.1) is 20.1 Å². The molecule has 0 saturated carbocycles. The third kappa shape index (κ3) is 4.08. The molecule has 1 N–H and O–H groups in total. The van der Waals surface area contributed by atoms with Crippen molar-refractivity contribution in [3.8, 4) is 5.75 Å². The Bertz CT molecular complexity index is 648. The second-order valence-corrected chi connectivity index (χ2v) is 4.33. The van der Waals surface area contributed by atoms with Crippen molar-refractivity contribution in [1.82, 2.24) is 4.98 Å². The molecule has 7 nitrogen and oxygen atoms in total. The first kappa shape index (κ1) is 15.6.